The molecule has 132 valence electrons. The molecule has 0 unspecified atom stereocenters. The Balaban J connectivity index is 1.87. The third kappa shape index (κ3) is 3.87. The van der Waals surface area contributed by atoms with E-state index in [-0.39, 0.29) is 11.7 Å². The molecule has 8 heteroatoms. The fraction of sp³-hybridized carbons (Fsp3) is 0.0556. The topological polar surface area (TPSA) is 90.1 Å². The lowest BCUT2D eigenvalue weighted by atomic mass is 10.1. The molecule has 0 bridgehead atoms. The van der Waals surface area contributed by atoms with E-state index in [0.29, 0.717) is 38.4 Å². The van der Waals surface area contributed by atoms with Crippen molar-refractivity contribution < 1.29 is 9.53 Å². The van der Waals surface area contributed by atoms with Crippen molar-refractivity contribution in [2.75, 3.05) is 18.2 Å². The molecule has 2 aromatic heterocycles. The molecule has 0 aliphatic rings. The van der Waals surface area contributed by atoms with Crippen LogP contribution in [0, 0.1) is 0 Å². The van der Waals surface area contributed by atoms with E-state index in [1.165, 1.54) is 13.3 Å². The van der Waals surface area contributed by atoms with E-state index in [1.54, 1.807) is 42.5 Å². The number of carbonyl (C=O) groups is 1. The van der Waals surface area contributed by atoms with Crippen molar-refractivity contribution in [3.05, 3.63) is 64.4 Å². The van der Waals surface area contributed by atoms with E-state index in [0.717, 1.165) is 0 Å². The minimum Gasteiger partial charge on any atom is -0.494 e. The molecule has 3 N–H and O–H groups in total. The minimum atomic E-state index is -0.314. The summed E-state index contributed by atoms with van der Waals surface area (Å²) in [6, 6.07) is 11.5. The summed E-state index contributed by atoms with van der Waals surface area (Å²) in [6.45, 7) is 0. The SMILES string of the molecule is COc1cnc(Cl)cc1-c1ccc(NC(=O)c2ccc(Cl)cc2)nc1N. The number of pyridine rings is 2. The Morgan fingerprint density at radius 2 is 1.85 bits per heavy atom. The first-order chi connectivity index (χ1) is 12.5. The summed E-state index contributed by atoms with van der Waals surface area (Å²) in [5.41, 5.74) is 7.80. The first-order valence-corrected chi connectivity index (χ1v) is 8.27. The second kappa shape index (κ2) is 7.59. The average molecular weight is 389 g/mol. The van der Waals surface area contributed by atoms with Gasteiger partial charge in [-0.25, -0.2) is 9.97 Å². The van der Waals surface area contributed by atoms with Gasteiger partial charge in [0.25, 0.3) is 5.91 Å². The summed E-state index contributed by atoms with van der Waals surface area (Å²) in [4.78, 5) is 20.5. The number of hydrogen-bond donors (Lipinski definition) is 2. The summed E-state index contributed by atoms with van der Waals surface area (Å²) in [7, 11) is 1.53. The number of rotatable bonds is 4. The fourth-order valence-electron chi connectivity index (χ4n) is 2.35. The molecule has 0 saturated heterocycles. The molecule has 26 heavy (non-hydrogen) atoms. The Labute approximate surface area is 159 Å². The van der Waals surface area contributed by atoms with Crippen LogP contribution >= 0.6 is 23.2 Å². The van der Waals surface area contributed by atoms with Crippen LogP contribution in [0.4, 0.5) is 11.6 Å². The monoisotopic (exact) mass is 388 g/mol. The van der Waals surface area contributed by atoms with Crippen LogP contribution in [0.25, 0.3) is 11.1 Å². The lowest BCUT2D eigenvalue weighted by Crippen LogP contribution is -2.13. The lowest BCUT2D eigenvalue weighted by molar-refractivity contribution is 0.102. The first kappa shape index (κ1) is 18.0. The van der Waals surface area contributed by atoms with Gasteiger partial charge in [-0.05, 0) is 42.5 Å². The van der Waals surface area contributed by atoms with E-state index in [2.05, 4.69) is 15.3 Å². The average Bonchev–Trinajstić information content (AvgIpc) is 2.62. The molecule has 3 aromatic rings. The second-order valence-corrected chi connectivity index (χ2v) is 6.12. The largest absolute Gasteiger partial charge is 0.494 e. The maximum atomic E-state index is 12.3. The number of benzene rings is 1. The molecule has 0 radical (unpaired) electrons. The number of aromatic nitrogens is 2. The Bertz CT molecular complexity index is 962. The van der Waals surface area contributed by atoms with E-state index in [1.807, 2.05) is 0 Å². The highest BCUT2D eigenvalue weighted by atomic mass is 35.5. The molecule has 3 rings (SSSR count). The highest BCUT2D eigenvalue weighted by Crippen LogP contribution is 2.34. The van der Waals surface area contributed by atoms with Crippen molar-refractivity contribution >= 4 is 40.7 Å². The van der Waals surface area contributed by atoms with Crippen molar-refractivity contribution in [1.82, 2.24) is 9.97 Å². The van der Waals surface area contributed by atoms with Gasteiger partial charge in [-0.1, -0.05) is 23.2 Å². The Kier molecular flexibility index (Phi) is 5.25. The number of anilines is 2. The van der Waals surface area contributed by atoms with Gasteiger partial charge < -0.3 is 15.8 Å². The van der Waals surface area contributed by atoms with Gasteiger partial charge in [0.15, 0.2) is 0 Å². The summed E-state index contributed by atoms with van der Waals surface area (Å²) >= 11 is 11.8. The molecule has 1 amide bonds. The predicted octanol–water partition coefficient (Wildman–Crippen LogP) is 4.29. The van der Waals surface area contributed by atoms with Gasteiger partial charge in [0.05, 0.1) is 13.3 Å². The number of ether oxygens (including phenoxy) is 1. The van der Waals surface area contributed by atoms with Crippen molar-refractivity contribution in [2.45, 2.75) is 0 Å². The van der Waals surface area contributed by atoms with Crippen LogP contribution in [0.15, 0.2) is 48.7 Å². The van der Waals surface area contributed by atoms with Gasteiger partial charge in [0.1, 0.15) is 22.5 Å². The van der Waals surface area contributed by atoms with Gasteiger partial charge in [0.2, 0.25) is 0 Å². The van der Waals surface area contributed by atoms with Gasteiger partial charge in [-0.3, -0.25) is 4.79 Å². The molecule has 0 fully saturated rings. The molecule has 0 atom stereocenters. The minimum absolute atomic E-state index is 0.222. The maximum Gasteiger partial charge on any atom is 0.256 e. The maximum absolute atomic E-state index is 12.3. The van der Waals surface area contributed by atoms with E-state index < -0.39 is 0 Å². The van der Waals surface area contributed by atoms with Gasteiger partial charge in [-0.15, -0.1) is 0 Å². The number of nitrogens with two attached hydrogens (primary N) is 1. The number of hydrogen-bond acceptors (Lipinski definition) is 5. The smallest absolute Gasteiger partial charge is 0.256 e. The Morgan fingerprint density at radius 1 is 1.12 bits per heavy atom. The Morgan fingerprint density at radius 3 is 2.50 bits per heavy atom. The van der Waals surface area contributed by atoms with Crippen LogP contribution in [0.5, 0.6) is 5.75 Å². The van der Waals surface area contributed by atoms with Crippen LogP contribution in [0.2, 0.25) is 10.2 Å². The number of halogens is 2. The highest BCUT2D eigenvalue weighted by molar-refractivity contribution is 6.30. The van der Waals surface area contributed by atoms with Gasteiger partial charge in [-0.2, -0.15) is 0 Å². The number of nitrogens with one attached hydrogen (secondary N) is 1. The molecule has 6 nitrogen and oxygen atoms in total. The number of methoxy groups -OCH3 is 1. The summed E-state index contributed by atoms with van der Waals surface area (Å²) in [6.07, 6.45) is 1.51. The van der Waals surface area contributed by atoms with Gasteiger partial charge in [0, 0.05) is 21.7 Å². The zero-order chi connectivity index (χ0) is 18.7. The third-order valence-corrected chi connectivity index (χ3v) is 4.08. The van der Waals surface area contributed by atoms with Crippen LogP contribution in [0.3, 0.4) is 0 Å². The van der Waals surface area contributed by atoms with Crippen LogP contribution in [-0.4, -0.2) is 23.0 Å². The van der Waals surface area contributed by atoms with E-state index in [4.69, 9.17) is 33.7 Å². The normalized spacial score (nSPS) is 10.4. The molecule has 0 aliphatic heterocycles. The number of nitrogens with zero attached hydrogens (tertiary/aromatic N) is 2. The Hall–Kier alpha value is -2.83. The van der Waals surface area contributed by atoms with Crippen molar-refractivity contribution in [3.63, 3.8) is 0 Å². The molecule has 2 heterocycles. The molecular formula is C18H14Cl2N4O2. The zero-order valence-electron chi connectivity index (χ0n) is 13.7. The van der Waals surface area contributed by atoms with Crippen LogP contribution in [-0.2, 0) is 0 Å². The van der Waals surface area contributed by atoms with Crippen molar-refractivity contribution in [1.29, 1.82) is 0 Å². The molecule has 1 aromatic carbocycles. The third-order valence-electron chi connectivity index (χ3n) is 3.62. The van der Waals surface area contributed by atoms with Crippen LogP contribution in [0.1, 0.15) is 10.4 Å². The second-order valence-electron chi connectivity index (χ2n) is 5.30. The highest BCUT2D eigenvalue weighted by Gasteiger charge is 2.13. The van der Waals surface area contributed by atoms with Crippen molar-refractivity contribution in [3.8, 4) is 16.9 Å². The summed E-state index contributed by atoms with van der Waals surface area (Å²) in [5, 5.41) is 3.55. The molecular weight excluding hydrogens is 375 g/mol. The fourth-order valence-corrected chi connectivity index (χ4v) is 2.64. The van der Waals surface area contributed by atoms with Crippen molar-refractivity contribution in [2.24, 2.45) is 0 Å². The van der Waals surface area contributed by atoms with Gasteiger partial charge >= 0.3 is 0 Å². The first-order valence-electron chi connectivity index (χ1n) is 7.51. The van der Waals surface area contributed by atoms with Crippen LogP contribution < -0.4 is 15.8 Å². The summed E-state index contributed by atoms with van der Waals surface area (Å²) < 4.78 is 5.29. The predicted molar refractivity (Wildman–Crippen MR) is 103 cm³/mol. The number of carbonyl (C=O) groups excluding carboxylic acids is 1. The molecule has 0 spiro atoms. The molecule has 0 aliphatic carbocycles. The zero-order valence-corrected chi connectivity index (χ0v) is 15.2. The quantitative estimate of drug-likeness (QED) is 0.650. The number of nitrogen functional groups attached to an aromatic ring is 1. The standard InChI is InChI=1S/C18H14Cl2N4O2/c1-26-14-9-22-15(20)8-13(14)12-6-7-16(23-17(12)21)24-18(25)10-2-4-11(19)5-3-10/h2-9H,1H3,(H3,21,23,24,25). The van der Waals surface area contributed by atoms with E-state index in [9.17, 15) is 4.79 Å². The lowest BCUT2D eigenvalue weighted by Gasteiger charge is -2.12. The van der Waals surface area contributed by atoms with E-state index >= 15 is 0 Å². The molecule has 0 saturated carbocycles. The number of amides is 1. The summed E-state index contributed by atoms with van der Waals surface area (Å²) in [5.74, 6) is 0.747.